The van der Waals surface area contributed by atoms with Gasteiger partial charge in [-0.1, -0.05) is 12.8 Å². The maximum absolute atomic E-state index is 12.4. The van der Waals surface area contributed by atoms with E-state index in [2.05, 4.69) is 5.09 Å². The van der Waals surface area contributed by atoms with Gasteiger partial charge in [-0.2, -0.15) is 0 Å². The molecule has 40 heavy (non-hydrogen) atoms. The molecule has 2 heterocycles. The van der Waals surface area contributed by atoms with Gasteiger partial charge in [0.05, 0.1) is 32.0 Å². The fourth-order valence-corrected chi connectivity index (χ4v) is 5.96. The summed E-state index contributed by atoms with van der Waals surface area (Å²) in [7, 11) is 2.73. The lowest BCUT2D eigenvalue weighted by molar-refractivity contribution is -0.0756. The lowest BCUT2D eigenvalue weighted by Crippen LogP contribution is -2.39. The molecule has 2 aliphatic heterocycles. The van der Waals surface area contributed by atoms with Gasteiger partial charge in [-0.3, -0.25) is 13.6 Å². The molecule has 2 saturated heterocycles. The number of unbranched alkanes of at least 4 members (excludes halogenated alkanes) is 3. The van der Waals surface area contributed by atoms with Gasteiger partial charge in [0.2, 0.25) is 0 Å². The Bertz CT molecular complexity index is 845. The first-order chi connectivity index (χ1) is 18.6. The second-order valence-corrected chi connectivity index (χ2v) is 13.3. The Morgan fingerprint density at radius 3 is 2.00 bits per heavy atom. The van der Waals surface area contributed by atoms with Crippen LogP contribution in [0.25, 0.3) is 0 Å². The first kappa shape index (κ1) is 36.3. The first-order valence-corrected chi connectivity index (χ1v) is 16.5. The fourth-order valence-electron chi connectivity index (χ4n) is 4.09. The smallest absolute Gasteiger partial charge is 0.388 e. The van der Waals surface area contributed by atoms with E-state index in [1.165, 1.54) is 0 Å². The third-order valence-electron chi connectivity index (χ3n) is 6.07. The standard InChI is InChI=1S/C22H43B2NO13P2/c1-13(2)32-11-15-20(18(27)22(24)36-15)38-40(30,31)33-10-8-6-5-7-9-25-39(28,29)34-12-16-19(35-14(3)4)17(26)21(23)37-16/h13-22,26-27H,5-12H2,1-4H3,(H,30,31)(H2,25,28,29)/t15-,16-,17+,18+,19?,20?,21-,22-/m1/s1. The zero-order chi connectivity index (χ0) is 30.1. The van der Waals surface area contributed by atoms with Gasteiger partial charge in [-0.15, -0.1) is 0 Å². The highest BCUT2D eigenvalue weighted by atomic mass is 31.2. The third-order valence-corrected chi connectivity index (χ3v) is 8.21. The third kappa shape index (κ3) is 12.4. The molecule has 0 amide bonds. The van der Waals surface area contributed by atoms with Crippen molar-refractivity contribution in [3.63, 3.8) is 0 Å². The zero-order valence-electron chi connectivity index (χ0n) is 23.4. The van der Waals surface area contributed by atoms with Crippen LogP contribution in [0.1, 0.15) is 53.4 Å². The van der Waals surface area contributed by atoms with Crippen molar-refractivity contribution in [2.24, 2.45) is 0 Å². The van der Waals surface area contributed by atoms with Crippen LogP contribution in [-0.4, -0.2) is 123 Å². The highest BCUT2D eigenvalue weighted by Crippen LogP contribution is 2.47. The van der Waals surface area contributed by atoms with Crippen molar-refractivity contribution in [2.45, 2.75) is 114 Å². The van der Waals surface area contributed by atoms with E-state index in [9.17, 15) is 29.1 Å². The second kappa shape index (κ2) is 16.8. The zero-order valence-corrected chi connectivity index (χ0v) is 25.2. The molecule has 0 spiro atoms. The molecule has 2 rings (SSSR count). The number of aliphatic hydroxyl groups is 2. The maximum Gasteiger partial charge on any atom is 0.472 e. The number of phosphoric ester groups is 1. The molecule has 230 valence electrons. The van der Waals surface area contributed by atoms with Crippen molar-refractivity contribution in [1.82, 2.24) is 5.09 Å². The molecule has 2 aliphatic rings. The Balaban J connectivity index is 1.61. The van der Waals surface area contributed by atoms with Gasteiger partial charge in [0, 0.05) is 18.6 Å². The summed E-state index contributed by atoms with van der Waals surface area (Å²) in [5.41, 5.74) is 0. The summed E-state index contributed by atoms with van der Waals surface area (Å²) in [6.45, 7) is 6.99. The quantitative estimate of drug-likeness (QED) is 0.0768. The van der Waals surface area contributed by atoms with Crippen LogP contribution < -0.4 is 5.09 Å². The van der Waals surface area contributed by atoms with E-state index < -0.39 is 64.2 Å². The minimum absolute atomic E-state index is 0.0195. The normalized spacial score (nSPS) is 34.0. The van der Waals surface area contributed by atoms with Crippen molar-refractivity contribution < 1.29 is 61.6 Å². The first-order valence-electron chi connectivity index (χ1n) is 13.5. The Labute approximate surface area is 238 Å². The summed E-state index contributed by atoms with van der Waals surface area (Å²) in [6, 6.07) is -2.07. The number of hydrogen-bond acceptors (Lipinski definition) is 11. The second-order valence-electron chi connectivity index (χ2n) is 10.3. The summed E-state index contributed by atoms with van der Waals surface area (Å²) in [4.78, 5) is 20.1. The van der Waals surface area contributed by atoms with Crippen LogP contribution in [0.4, 0.5) is 0 Å². The van der Waals surface area contributed by atoms with Crippen LogP contribution in [0.2, 0.25) is 0 Å². The van der Waals surface area contributed by atoms with Crippen LogP contribution >= 0.6 is 15.6 Å². The highest BCUT2D eigenvalue weighted by Gasteiger charge is 2.46. The van der Waals surface area contributed by atoms with Crippen molar-refractivity contribution >= 4 is 31.3 Å². The van der Waals surface area contributed by atoms with Crippen LogP contribution in [0.3, 0.4) is 0 Å². The molecule has 0 aromatic heterocycles. The molecule has 0 saturated carbocycles. The van der Waals surface area contributed by atoms with Crippen LogP contribution in [0, 0.1) is 0 Å². The minimum atomic E-state index is -4.50. The summed E-state index contributed by atoms with van der Waals surface area (Å²) < 4.78 is 61.7. The topological polar surface area (TPSA) is 192 Å². The van der Waals surface area contributed by atoms with E-state index in [4.69, 9.17) is 48.2 Å². The largest absolute Gasteiger partial charge is 0.472 e. The molecule has 10 atom stereocenters. The lowest BCUT2D eigenvalue weighted by atomic mass is 9.93. The van der Waals surface area contributed by atoms with Gasteiger partial charge in [0.25, 0.3) is 0 Å². The predicted octanol–water partition coefficient (Wildman–Crippen LogP) is 0.483. The molecule has 4 radical (unpaired) electrons. The molecule has 2 fully saturated rings. The molecular weight excluding hydrogens is 570 g/mol. The summed E-state index contributed by atoms with van der Waals surface area (Å²) in [5, 5.41) is 22.7. The molecule has 0 bridgehead atoms. The van der Waals surface area contributed by atoms with E-state index in [0.29, 0.717) is 25.7 Å². The van der Waals surface area contributed by atoms with E-state index in [0.717, 1.165) is 0 Å². The average molecular weight is 613 g/mol. The molecule has 4 unspecified atom stereocenters. The Hall–Kier alpha value is 0.110. The van der Waals surface area contributed by atoms with Gasteiger partial charge in [0.15, 0.2) is 0 Å². The molecule has 0 aromatic carbocycles. The van der Waals surface area contributed by atoms with Crippen molar-refractivity contribution in [1.29, 1.82) is 0 Å². The highest BCUT2D eigenvalue weighted by molar-refractivity contribution is 7.50. The lowest BCUT2D eigenvalue weighted by Gasteiger charge is -2.24. The summed E-state index contributed by atoms with van der Waals surface area (Å²) in [5.74, 6) is 0. The van der Waals surface area contributed by atoms with Gasteiger partial charge in [0.1, 0.15) is 52.3 Å². The van der Waals surface area contributed by atoms with Gasteiger partial charge in [-0.05, 0) is 40.5 Å². The molecule has 14 nitrogen and oxygen atoms in total. The fraction of sp³-hybridized carbons (Fsp3) is 1.00. The monoisotopic (exact) mass is 613 g/mol. The van der Waals surface area contributed by atoms with Crippen molar-refractivity contribution in [3.8, 4) is 0 Å². The Kier molecular flexibility index (Phi) is 15.3. The number of nitrogens with one attached hydrogen (secondary N) is 1. The molecule has 0 aromatic rings. The van der Waals surface area contributed by atoms with Gasteiger partial charge < -0.3 is 38.9 Å². The summed E-state index contributed by atoms with van der Waals surface area (Å²) >= 11 is 0. The number of rotatable bonds is 19. The van der Waals surface area contributed by atoms with E-state index in [1.54, 1.807) is 13.8 Å². The van der Waals surface area contributed by atoms with Gasteiger partial charge >= 0.3 is 15.6 Å². The number of aliphatic hydroxyl groups excluding tert-OH is 2. The average Bonchev–Trinajstić information content (AvgIpc) is 3.27. The predicted molar refractivity (Wildman–Crippen MR) is 145 cm³/mol. The minimum Gasteiger partial charge on any atom is -0.388 e. The van der Waals surface area contributed by atoms with Crippen LogP contribution in [0.15, 0.2) is 0 Å². The van der Waals surface area contributed by atoms with E-state index in [-0.39, 0.29) is 38.6 Å². The number of hydrogen-bond donors (Lipinski definition) is 5. The Morgan fingerprint density at radius 1 is 0.825 bits per heavy atom. The molecule has 0 aliphatic carbocycles. The Morgan fingerprint density at radius 2 is 1.40 bits per heavy atom. The van der Waals surface area contributed by atoms with Crippen molar-refractivity contribution in [3.05, 3.63) is 0 Å². The molecule has 5 N–H and O–H groups in total. The van der Waals surface area contributed by atoms with Crippen LogP contribution in [-0.2, 0) is 41.6 Å². The summed E-state index contributed by atoms with van der Waals surface area (Å²) in [6.07, 6.45) is -4.20. The van der Waals surface area contributed by atoms with Crippen LogP contribution in [0.5, 0.6) is 0 Å². The van der Waals surface area contributed by atoms with E-state index >= 15 is 0 Å². The molecule has 18 heteroatoms. The van der Waals surface area contributed by atoms with Crippen molar-refractivity contribution in [2.75, 3.05) is 26.4 Å². The maximum atomic E-state index is 12.4. The SMILES string of the molecule is [B][C@@H]1O[C@H](COP(=O)(O)NCCCCCCOP(=O)(O)OC2[C@@H](COC(C)C)O[C@@H]([B])[C@H]2O)C(OC(C)C)[C@@H]1O. The number of ether oxygens (including phenoxy) is 4. The number of phosphoric acid groups is 1. The van der Waals surface area contributed by atoms with Gasteiger partial charge in [-0.25, -0.2) is 14.2 Å². The van der Waals surface area contributed by atoms with E-state index in [1.807, 2.05) is 13.8 Å². The molecular formula is C22H43B2NO13P2.